The van der Waals surface area contributed by atoms with E-state index in [4.69, 9.17) is 0 Å². The molecule has 0 spiro atoms. The van der Waals surface area contributed by atoms with Crippen LogP contribution in [0.2, 0.25) is 0 Å². The molecular formula is C10H24INO. The molecule has 3 heteroatoms. The molecule has 0 bridgehead atoms. The van der Waals surface area contributed by atoms with Gasteiger partial charge in [0.05, 0.1) is 20.1 Å². The molecule has 0 aromatic heterocycles. The van der Waals surface area contributed by atoms with Crippen LogP contribution in [-0.4, -0.2) is 36.5 Å². The topological polar surface area (TPSA) is 20.2 Å². The van der Waals surface area contributed by atoms with Gasteiger partial charge in [-0.1, -0.05) is 26.7 Å². The van der Waals surface area contributed by atoms with Gasteiger partial charge in [0.15, 0.2) is 6.73 Å². The molecule has 0 rings (SSSR count). The first-order valence-corrected chi connectivity index (χ1v) is 5.13. The minimum Gasteiger partial charge on any atom is -1.00 e. The van der Waals surface area contributed by atoms with Crippen molar-refractivity contribution in [1.82, 2.24) is 0 Å². The quantitative estimate of drug-likeness (QED) is 0.363. The molecule has 0 aliphatic heterocycles. The van der Waals surface area contributed by atoms with Crippen molar-refractivity contribution in [2.45, 2.75) is 39.5 Å². The SMILES string of the molecule is CCCC[N+](C)(CO)CCCC.[I-]. The minimum absolute atomic E-state index is 0. The van der Waals surface area contributed by atoms with E-state index in [-0.39, 0.29) is 24.0 Å². The van der Waals surface area contributed by atoms with Gasteiger partial charge in [-0.2, -0.15) is 0 Å². The van der Waals surface area contributed by atoms with E-state index < -0.39 is 0 Å². The summed E-state index contributed by atoms with van der Waals surface area (Å²) in [5.41, 5.74) is 0. The Balaban J connectivity index is 0. The van der Waals surface area contributed by atoms with Crippen LogP contribution in [0.3, 0.4) is 0 Å². The number of quaternary nitrogens is 1. The number of unbranched alkanes of at least 4 members (excludes halogenated alkanes) is 2. The molecule has 2 nitrogen and oxygen atoms in total. The summed E-state index contributed by atoms with van der Waals surface area (Å²) in [6, 6.07) is 0. The number of halogens is 1. The Bertz CT molecular complexity index is 101. The van der Waals surface area contributed by atoms with Crippen LogP contribution in [0.15, 0.2) is 0 Å². The molecule has 0 aliphatic rings. The van der Waals surface area contributed by atoms with Gasteiger partial charge in [-0.15, -0.1) is 0 Å². The van der Waals surface area contributed by atoms with E-state index in [9.17, 15) is 5.11 Å². The maximum absolute atomic E-state index is 9.21. The highest BCUT2D eigenvalue weighted by atomic mass is 127. The Hall–Kier alpha value is 0.650. The first kappa shape index (κ1) is 16.1. The molecule has 1 N–H and O–H groups in total. The highest BCUT2D eigenvalue weighted by molar-refractivity contribution is 4.38. The second-order valence-electron chi connectivity index (χ2n) is 3.92. The molecule has 0 heterocycles. The van der Waals surface area contributed by atoms with Crippen LogP contribution in [0.25, 0.3) is 0 Å². The van der Waals surface area contributed by atoms with E-state index in [0.29, 0.717) is 6.73 Å². The van der Waals surface area contributed by atoms with Crippen LogP contribution >= 0.6 is 0 Å². The van der Waals surface area contributed by atoms with Gasteiger partial charge in [0.25, 0.3) is 0 Å². The summed E-state index contributed by atoms with van der Waals surface area (Å²) in [6.07, 6.45) is 4.89. The van der Waals surface area contributed by atoms with Gasteiger partial charge in [0.2, 0.25) is 0 Å². The third kappa shape index (κ3) is 7.70. The summed E-state index contributed by atoms with van der Waals surface area (Å²) in [5, 5.41) is 9.21. The van der Waals surface area contributed by atoms with Crippen LogP contribution in [0.4, 0.5) is 0 Å². The molecule has 0 aromatic carbocycles. The van der Waals surface area contributed by atoms with Crippen molar-refractivity contribution in [2.75, 3.05) is 26.9 Å². The summed E-state index contributed by atoms with van der Waals surface area (Å²) < 4.78 is 0.835. The Labute approximate surface area is 99.9 Å². The van der Waals surface area contributed by atoms with Crippen LogP contribution in [0, 0.1) is 0 Å². The summed E-state index contributed by atoms with van der Waals surface area (Å²) >= 11 is 0. The standard InChI is InChI=1S/C10H24NO.HI/c1-4-6-8-11(3,10-12)9-7-5-2;/h12H,4-10H2,1-3H3;1H/q+1;/p-1. The molecule has 0 saturated heterocycles. The Kier molecular flexibility index (Phi) is 11.4. The van der Waals surface area contributed by atoms with Gasteiger partial charge >= 0.3 is 0 Å². The van der Waals surface area contributed by atoms with Crippen LogP contribution in [0.5, 0.6) is 0 Å². The van der Waals surface area contributed by atoms with Crippen LogP contribution in [-0.2, 0) is 0 Å². The first-order chi connectivity index (χ1) is 5.68. The maximum atomic E-state index is 9.21. The molecule has 0 atom stereocenters. The largest absolute Gasteiger partial charge is 1.00 e. The van der Waals surface area contributed by atoms with Crippen LogP contribution in [0.1, 0.15) is 39.5 Å². The lowest BCUT2D eigenvalue weighted by Gasteiger charge is -2.32. The Morgan fingerprint density at radius 1 is 1.00 bits per heavy atom. The lowest BCUT2D eigenvalue weighted by Crippen LogP contribution is -3.00. The van der Waals surface area contributed by atoms with Crippen molar-refractivity contribution < 1.29 is 33.6 Å². The highest BCUT2D eigenvalue weighted by Gasteiger charge is 2.17. The Morgan fingerprint density at radius 3 is 1.62 bits per heavy atom. The molecule has 0 aromatic rings. The predicted octanol–water partition coefficient (Wildman–Crippen LogP) is -1.01. The summed E-state index contributed by atoms with van der Waals surface area (Å²) in [6.45, 7) is 6.92. The zero-order valence-electron chi connectivity index (χ0n) is 9.22. The van der Waals surface area contributed by atoms with Gasteiger partial charge < -0.3 is 33.6 Å². The van der Waals surface area contributed by atoms with Crippen molar-refractivity contribution in [3.05, 3.63) is 0 Å². The minimum atomic E-state index is 0. The van der Waals surface area contributed by atoms with Gasteiger partial charge in [0.1, 0.15) is 0 Å². The first-order valence-electron chi connectivity index (χ1n) is 5.13. The number of aliphatic hydroxyl groups excluding tert-OH is 1. The van der Waals surface area contributed by atoms with Crippen molar-refractivity contribution in [1.29, 1.82) is 0 Å². The number of rotatable bonds is 7. The van der Waals surface area contributed by atoms with E-state index in [1.165, 1.54) is 25.7 Å². The van der Waals surface area contributed by atoms with Gasteiger partial charge in [-0.3, -0.25) is 0 Å². The molecule has 0 radical (unpaired) electrons. The van der Waals surface area contributed by atoms with Gasteiger partial charge in [-0.05, 0) is 12.8 Å². The summed E-state index contributed by atoms with van der Waals surface area (Å²) in [7, 11) is 2.14. The zero-order valence-corrected chi connectivity index (χ0v) is 11.4. The maximum Gasteiger partial charge on any atom is 0.180 e. The zero-order chi connectivity index (χ0) is 9.45. The normalized spacial score (nSPS) is 11.1. The molecule has 0 amide bonds. The van der Waals surface area contributed by atoms with Crippen LogP contribution < -0.4 is 24.0 Å². The molecule has 82 valence electrons. The van der Waals surface area contributed by atoms with E-state index in [1.807, 2.05) is 0 Å². The number of aliphatic hydroxyl groups is 1. The van der Waals surface area contributed by atoms with Gasteiger partial charge in [0, 0.05) is 0 Å². The van der Waals surface area contributed by atoms with E-state index in [2.05, 4.69) is 20.9 Å². The number of hydrogen-bond acceptors (Lipinski definition) is 1. The Morgan fingerprint density at radius 2 is 1.38 bits per heavy atom. The fourth-order valence-corrected chi connectivity index (χ4v) is 1.33. The fraction of sp³-hybridized carbons (Fsp3) is 1.00. The third-order valence-electron chi connectivity index (χ3n) is 2.44. The van der Waals surface area contributed by atoms with Crippen molar-refractivity contribution in [3.8, 4) is 0 Å². The summed E-state index contributed by atoms with van der Waals surface area (Å²) in [5.74, 6) is 0. The van der Waals surface area contributed by atoms with E-state index in [1.54, 1.807) is 0 Å². The van der Waals surface area contributed by atoms with Crippen molar-refractivity contribution in [3.63, 3.8) is 0 Å². The van der Waals surface area contributed by atoms with E-state index >= 15 is 0 Å². The van der Waals surface area contributed by atoms with Crippen molar-refractivity contribution >= 4 is 0 Å². The average Bonchev–Trinajstić information content (AvgIpc) is 2.11. The smallest absolute Gasteiger partial charge is 0.180 e. The number of hydrogen-bond donors (Lipinski definition) is 1. The van der Waals surface area contributed by atoms with E-state index in [0.717, 1.165) is 17.6 Å². The molecule has 0 unspecified atom stereocenters. The second kappa shape index (κ2) is 9.21. The van der Waals surface area contributed by atoms with Crippen molar-refractivity contribution in [2.24, 2.45) is 0 Å². The number of nitrogens with zero attached hydrogens (tertiary/aromatic N) is 1. The molecule has 0 fully saturated rings. The lowest BCUT2D eigenvalue weighted by atomic mass is 10.2. The average molecular weight is 301 g/mol. The molecule has 13 heavy (non-hydrogen) atoms. The van der Waals surface area contributed by atoms with Gasteiger partial charge in [-0.25, -0.2) is 0 Å². The lowest BCUT2D eigenvalue weighted by molar-refractivity contribution is -0.927. The molecule has 0 saturated carbocycles. The summed E-state index contributed by atoms with van der Waals surface area (Å²) in [4.78, 5) is 0. The predicted molar refractivity (Wildman–Crippen MR) is 52.8 cm³/mol. The highest BCUT2D eigenvalue weighted by Crippen LogP contribution is 2.06. The molecular weight excluding hydrogens is 277 g/mol. The fourth-order valence-electron chi connectivity index (χ4n) is 1.33. The monoisotopic (exact) mass is 301 g/mol. The third-order valence-corrected chi connectivity index (χ3v) is 2.44. The second-order valence-corrected chi connectivity index (χ2v) is 3.92. The molecule has 0 aliphatic carbocycles.